The summed E-state index contributed by atoms with van der Waals surface area (Å²) in [5.74, 6) is -1.21. The number of aliphatic carboxylic acids is 1. The normalized spacial score (nSPS) is 11.4. The molecule has 0 aliphatic rings. The molecule has 0 atom stereocenters. The number of carboxylic acid groups (broad SMARTS) is 1. The van der Waals surface area contributed by atoms with Crippen LogP contribution in [0.4, 0.5) is 0 Å². The molecule has 50 heavy (non-hydrogen) atoms. The maximum atomic E-state index is 11.5. The van der Waals surface area contributed by atoms with Crippen LogP contribution in [-0.2, 0) is 71.2 Å². The molecule has 0 aromatic heterocycles. The van der Waals surface area contributed by atoms with Crippen LogP contribution in [0.3, 0.4) is 0 Å². The lowest BCUT2D eigenvalue weighted by Crippen LogP contribution is -2.17. The van der Waals surface area contributed by atoms with Crippen molar-refractivity contribution in [3.8, 4) is 0 Å². The lowest BCUT2D eigenvalue weighted by Gasteiger charge is -2.09. The first-order valence-corrected chi connectivity index (χ1v) is 17.6. The Bertz CT molecular complexity index is 694. The van der Waals surface area contributed by atoms with E-state index in [2.05, 4.69) is 5.32 Å². The van der Waals surface area contributed by atoms with Crippen molar-refractivity contribution >= 4 is 11.9 Å². The van der Waals surface area contributed by atoms with Crippen LogP contribution in [0.1, 0.15) is 25.7 Å². The number of carbonyl (C=O) groups excluding carboxylic acids is 1. The van der Waals surface area contributed by atoms with Gasteiger partial charge in [0.05, 0.1) is 159 Å². The second kappa shape index (κ2) is 43.6. The van der Waals surface area contributed by atoms with E-state index in [1.807, 2.05) is 7.05 Å². The van der Waals surface area contributed by atoms with Gasteiger partial charge >= 0.3 is 11.9 Å². The predicted molar refractivity (Wildman–Crippen MR) is 181 cm³/mol. The first kappa shape index (κ1) is 48.4. The number of esters is 1. The molecule has 0 amide bonds. The maximum absolute atomic E-state index is 11.5. The zero-order valence-corrected chi connectivity index (χ0v) is 30.3. The first-order valence-electron chi connectivity index (χ1n) is 17.6. The average molecular weight is 732 g/mol. The highest BCUT2D eigenvalue weighted by Gasteiger charge is 2.04. The van der Waals surface area contributed by atoms with Gasteiger partial charge in [-0.05, 0) is 19.9 Å². The lowest BCUT2D eigenvalue weighted by atomic mass is 10.2. The van der Waals surface area contributed by atoms with Crippen LogP contribution in [0.25, 0.3) is 0 Å². The van der Waals surface area contributed by atoms with Crippen molar-refractivity contribution in [2.24, 2.45) is 0 Å². The van der Waals surface area contributed by atoms with Crippen LogP contribution < -0.4 is 5.32 Å². The van der Waals surface area contributed by atoms with Gasteiger partial charge < -0.3 is 72.0 Å². The number of hydrogen-bond donors (Lipinski definition) is 2. The number of hydrogen-bond acceptors (Lipinski definition) is 16. The third-order valence-corrected chi connectivity index (χ3v) is 6.10. The fourth-order valence-corrected chi connectivity index (χ4v) is 3.53. The van der Waals surface area contributed by atoms with Crippen molar-refractivity contribution < 1.29 is 76.3 Å². The Balaban J connectivity index is 3.09. The summed E-state index contributed by atoms with van der Waals surface area (Å²) in [5.41, 5.74) is 0. The second-order valence-electron chi connectivity index (χ2n) is 10.3. The standard InChI is InChI=1S/C33H65NO16/c1-34-6-7-38-8-9-39-10-11-40-12-13-41-14-15-42-16-17-43-18-19-44-20-21-45-22-23-46-24-25-47-26-27-48-28-29-49-30-31-50-33(37)5-3-2-4-32(35)36/h34H,2-31H2,1H3,(H,35,36). The van der Waals surface area contributed by atoms with Gasteiger partial charge in [-0.15, -0.1) is 0 Å². The van der Waals surface area contributed by atoms with E-state index in [0.29, 0.717) is 165 Å². The highest BCUT2D eigenvalue weighted by Crippen LogP contribution is 2.01. The fourth-order valence-electron chi connectivity index (χ4n) is 3.53. The maximum Gasteiger partial charge on any atom is 0.305 e. The molecule has 0 radical (unpaired) electrons. The van der Waals surface area contributed by atoms with Crippen LogP contribution in [-0.4, -0.2) is 196 Å². The highest BCUT2D eigenvalue weighted by atomic mass is 16.6. The number of nitrogens with one attached hydrogen (secondary N) is 1. The zero-order chi connectivity index (χ0) is 36.3. The molecule has 0 rings (SSSR count). The Labute approximate surface area is 298 Å². The minimum atomic E-state index is -0.864. The quantitative estimate of drug-likeness (QED) is 0.0655. The molecule has 0 aliphatic heterocycles. The number of likely N-dealkylation sites (N-methyl/N-ethyl adjacent to an activating group) is 1. The first-order chi connectivity index (χ1) is 24.7. The molecule has 0 spiro atoms. The van der Waals surface area contributed by atoms with E-state index >= 15 is 0 Å². The second-order valence-corrected chi connectivity index (χ2v) is 10.3. The number of unbranched alkanes of at least 4 members (excludes halogenated alkanes) is 1. The molecule has 0 bridgehead atoms. The molecule has 0 aromatic carbocycles. The molecular formula is C33H65NO16. The van der Waals surface area contributed by atoms with Crippen LogP contribution >= 0.6 is 0 Å². The Morgan fingerprint density at radius 3 is 0.880 bits per heavy atom. The Kier molecular flexibility index (Phi) is 42.2. The number of carbonyl (C=O) groups is 2. The molecular weight excluding hydrogens is 666 g/mol. The van der Waals surface area contributed by atoms with Gasteiger partial charge in [-0.25, -0.2) is 0 Å². The zero-order valence-electron chi connectivity index (χ0n) is 30.3. The van der Waals surface area contributed by atoms with Gasteiger partial charge in [-0.2, -0.15) is 0 Å². The Hall–Kier alpha value is -1.58. The molecule has 0 fully saturated rings. The topological polar surface area (TPSA) is 186 Å². The van der Waals surface area contributed by atoms with Crippen LogP contribution in [0.2, 0.25) is 0 Å². The van der Waals surface area contributed by atoms with Crippen LogP contribution in [0.15, 0.2) is 0 Å². The number of rotatable bonds is 44. The summed E-state index contributed by atoms with van der Waals surface area (Å²) in [6, 6.07) is 0. The predicted octanol–water partition coefficient (Wildman–Crippen LogP) is 0.593. The van der Waals surface area contributed by atoms with Gasteiger partial charge in [0.25, 0.3) is 0 Å². The van der Waals surface area contributed by atoms with E-state index in [1.165, 1.54) is 0 Å². The van der Waals surface area contributed by atoms with Crippen molar-refractivity contribution in [2.45, 2.75) is 25.7 Å². The molecule has 0 saturated heterocycles. The summed E-state index contributed by atoms with van der Waals surface area (Å²) in [6.45, 7) is 12.8. The number of carboxylic acids is 1. The van der Waals surface area contributed by atoms with Crippen molar-refractivity contribution in [1.82, 2.24) is 5.32 Å². The van der Waals surface area contributed by atoms with Crippen molar-refractivity contribution in [1.29, 1.82) is 0 Å². The van der Waals surface area contributed by atoms with Crippen molar-refractivity contribution in [2.75, 3.05) is 179 Å². The minimum absolute atomic E-state index is 0.0590. The van der Waals surface area contributed by atoms with E-state index < -0.39 is 5.97 Å². The fraction of sp³-hybridized carbons (Fsp3) is 0.939. The third kappa shape index (κ3) is 44.4. The molecule has 298 valence electrons. The monoisotopic (exact) mass is 731 g/mol. The summed E-state index contributed by atoms with van der Waals surface area (Å²) >= 11 is 0. The van der Waals surface area contributed by atoms with E-state index in [4.69, 9.17) is 66.7 Å². The molecule has 0 aliphatic carbocycles. The highest BCUT2D eigenvalue weighted by molar-refractivity contribution is 5.69. The third-order valence-electron chi connectivity index (χ3n) is 6.10. The van der Waals surface area contributed by atoms with E-state index in [9.17, 15) is 9.59 Å². The molecule has 0 heterocycles. The molecule has 2 N–H and O–H groups in total. The summed E-state index contributed by atoms with van der Waals surface area (Å²) in [4.78, 5) is 21.9. The van der Waals surface area contributed by atoms with Gasteiger partial charge in [-0.1, -0.05) is 0 Å². The van der Waals surface area contributed by atoms with Crippen molar-refractivity contribution in [3.63, 3.8) is 0 Å². The van der Waals surface area contributed by atoms with Gasteiger partial charge in [-0.3, -0.25) is 9.59 Å². The largest absolute Gasteiger partial charge is 0.481 e. The molecule has 0 aromatic rings. The summed E-state index contributed by atoms with van der Waals surface area (Å²) in [5, 5.41) is 11.6. The van der Waals surface area contributed by atoms with Crippen LogP contribution in [0, 0.1) is 0 Å². The van der Waals surface area contributed by atoms with Gasteiger partial charge in [0.1, 0.15) is 6.61 Å². The van der Waals surface area contributed by atoms with E-state index in [0.717, 1.165) is 6.54 Å². The van der Waals surface area contributed by atoms with Gasteiger partial charge in [0.15, 0.2) is 0 Å². The van der Waals surface area contributed by atoms with E-state index in [-0.39, 0.29) is 32.0 Å². The van der Waals surface area contributed by atoms with E-state index in [1.54, 1.807) is 0 Å². The summed E-state index contributed by atoms with van der Waals surface area (Å²) in [7, 11) is 1.89. The van der Waals surface area contributed by atoms with Gasteiger partial charge in [0.2, 0.25) is 0 Å². The minimum Gasteiger partial charge on any atom is -0.481 e. The van der Waals surface area contributed by atoms with Crippen molar-refractivity contribution in [3.05, 3.63) is 0 Å². The molecule has 17 heteroatoms. The SMILES string of the molecule is CNCCOCCOCCOCCOCCOCCOCCOCCOCCOCCOCCOCCOCCOC(=O)CCCCC(=O)O. The summed E-state index contributed by atoms with van der Waals surface area (Å²) in [6.07, 6.45) is 1.23. The average Bonchev–Trinajstić information content (AvgIpc) is 3.11. The van der Waals surface area contributed by atoms with Crippen LogP contribution in [0.5, 0.6) is 0 Å². The number of ether oxygens (including phenoxy) is 13. The molecule has 17 nitrogen and oxygen atoms in total. The molecule has 0 saturated carbocycles. The smallest absolute Gasteiger partial charge is 0.305 e. The Morgan fingerprint density at radius 2 is 0.620 bits per heavy atom. The molecule has 0 unspecified atom stereocenters. The Morgan fingerprint density at radius 1 is 0.380 bits per heavy atom. The summed E-state index contributed by atoms with van der Waals surface area (Å²) < 4.78 is 70.2. The lowest BCUT2D eigenvalue weighted by molar-refractivity contribution is -0.146. The van der Waals surface area contributed by atoms with Gasteiger partial charge in [0, 0.05) is 19.4 Å².